The fourth-order valence-corrected chi connectivity index (χ4v) is 0.758. The number of hydrogen-bond acceptors (Lipinski definition) is 1. The molecule has 0 unspecified atom stereocenters. The molecule has 0 aromatic carbocycles. The van der Waals surface area contributed by atoms with Gasteiger partial charge in [0.25, 0.3) is 0 Å². The number of hydrogen-bond donors (Lipinski definition) is 0. The van der Waals surface area contributed by atoms with Crippen molar-refractivity contribution in [2.75, 3.05) is 0 Å². The van der Waals surface area contributed by atoms with Gasteiger partial charge in [-0.25, -0.2) is 0 Å². The van der Waals surface area contributed by atoms with Crippen LogP contribution in [-0.2, 0) is 82.5 Å². The Bertz CT molecular complexity index is 205. The van der Waals surface area contributed by atoms with E-state index in [0.29, 0.717) is 0 Å². The molecule has 0 aliphatic heterocycles. The summed E-state index contributed by atoms with van der Waals surface area (Å²) in [6.07, 6.45) is 8.25. The molecule has 0 fully saturated rings. The number of furan rings is 1. The van der Waals surface area contributed by atoms with Gasteiger partial charge >= 0.3 is 64.5 Å². The van der Waals surface area contributed by atoms with Crippen molar-refractivity contribution in [1.29, 1.82) is 0 Å². The summed E-state index contributed by atoms with van der Waals surface area (Å²) in [6.45, 7) is 0. The maximum absolute atomic E-state index is 4.73. The van der Waals surface area contributed by atoms with Crippen LogP contribution in [0, 0.1) is 6.26 Å². The molecule has 0 saturated heterocycles. The van der Waals surface area contributed by atoms with Gasteiger partial charge in [-0.3, -0.25) is 0 Å². The second-order valence-corrected chi connectivity index (χ2v) is 2.45. The van der Waals surface area contributed by atoms with Crippen molar-refractivity contribution in [3.63, 3.8) is 0 Å². The minimum atomic E-state index is 0. The topological polar surface area (TPSA) is 13.1 Å². The van der Waals surface area contributed by atoms with Crippen LogP contribution in [0.3, 0.4) is 0 Å². The molecule has 1 aromatic rings. The van der Waals surface area contributed by atoms with Crippen LogP contribution in [0.2, 0.25) is 0 Å². The quantitative estimate of drug-likeness (QED) is 0.412. The van der Waals surface area contributed by atoms with Crippen molar-refractivity contribution in [2.45, 2.75) is 0 Å². The maximum atomic E-state index is 4.73. The van der Waals surface area contributed by atoms with Crippen LogP contribution >= 0.6 is 0 Å². The second kappa shape index (κ2) is 12.6. The Hall–Kier alpha value is 1.64. The van der Waals surface area contributed by atoms with E-state index < -0.39 is 0 Å². The number of rotatable bonds is 2. The number of allylic oxidation sites excluding steroid dienone is 1. The van der Waals surface area contributed by atoms with E-state index >= 15 is 0 Å². The van der Waals surface area contributed by atoms with Crippen LogP contribution in [0.4, 0.5) is 0 Å². The normalized spacial score (nSPS) is 7.67. The molecule has 1 heterocycles. The van der Waals surface area contributed by atoms with Gasteiger partial charge in [0.05, 0.1) is 0 Å². The summed E-state index contributed by atoms with van der Waals surface area (Å²) in [5, 5.41) is 0. The van der Waals surface area contributed by atoms with Crippen molar-refractivity contribution in [3.8, 4) is 0 Å². The van der Waals surface area contributed by atoms with Crippen LogP contribution in [0.1, 0.15) is 5.56 Å². The average molecular weight is 840 g/mol. The van der Waals surface area contributed by atoms with Crippen molar-refractivity contribution in [3.05, 3.63) is 30.2 Å². The molecule has 1 nitrogen and oxygen atoms in total. The van der Waals surface area contributed by atoms with Gasteiger partial charge in [0, 0.05) is 63.2 Å². The molecule has 12 heavy (non-hydrogen) atoms. The summed E-state index contributed by atoms with van der Waals surface area (Å²) in [4.78, 5) is 0. The van der Waals surface area contributed by atoms with E-state index in [2.05, 4.69) is 6.26 Å². The molecule has 0 atom stereocenters. The summed E-state index contributed by atoms with van der Waals surface area (Å²) >= 11 is 1.45. The van der Waals surface area contributed by atoms with Crippen LogP contribution < -0.4 is 0 Å². The van der Waals surface area contributed by atoms with Crippen LogP contribution in [0.15, 0.2) is 22.8 Å². The molecule has 0 radical (unpaired) electrons. The van der Waals surface area contributed by atoms with Gasteiger partial charge < -0.3 is 0 Å². The van der Waals surface area contributed by atoms with Gasteiger partial charge in [-0.1, -0.05) is 0 Å². The monoisotopic (exact) mass is 841 g/mol. The SMILES string of the molecule is [W].[W].[W].[W]=[CH]/C=C\c1[c-]occ1. The minimum absolute atomic E-state index is 0. The van der Waals surface area contributed by atoms with Gasteiger partial charge in [0.1, 0.15) is 0 Å². The van der Waals surface area contributed by atoms with E-state index in [-0.39, 0.29) is 63.2 Å². The van der Waals surface area contributed by atoms with Gasteiger partial charge in [-0.2, -0.15) is 0 Å². The molecular formula is C7H5OW4-. The fourth-order valence-electron chi connectivity index (χ4n) is 0.476. The summed E-state index contributed by atoms with van der Waals surface area (Å²) < 4.78 is 6.77. The zero-order valence-corrected chi connectivity index (χ0v) is 17.7. The van der Waals surface area contributed by atoms with E-state index in [1.165, 1.54) is 19.4 Å². The van der Waals surface area contributed by atoms with Crippen LogP contribution in [0.5, 0.6) is 0 Å². The first-order valence-corrected chi connectivity index (χ1v) is 4.20. The molecule has 5 heteroatoms. The molecule has 0 spiro atoms. The predicted molar refractivity (Wildman–Crippen MR) is 32.6 cm³/mol. The Morgan fingerprint density at radius 2 is 2.00 bits per heavy atom. The molecule has 1 aromatic heterocycles. The van der Waals surface area contributed by atoms with Crippen molar-refractivity contribution in [1.82, 2.24) is 0 Å². The standard InChI is InChI=1S/C7H5O.4W/c1-2-3-7-4-5-8-6-7;;;;/h1-5H;;;;/q-1;;;;/b3-2-;;;;. The summed E-state index contributed by atoms with van der Waals surface area (Å²) in [5.74, 6) is 0. The van der Waals surface area contributed by atoms with Gasteiger partial charge in [-0.05, 0) is 0 Å². The Labute approximate surface area is 126 Å². The Kier molecular flexibility index (Phi) is 20.3. The van der Waals surface area contributed by atoms with E-state index in [9.17, 15) is 0 Å². The molecule has 0 aliphatic rings. The summed E-state index contributed by atoms with van der Waals surface area (Å²) in [7, 11) is 0. The van der Waals surface area contributed by atoms with Crippen LogP contribution in [-0.4, -0.2) is 4.40 Å². The third-order valence-corrected chi connectivity index (χ3v) is 1.41. The van der Waals surface area contributed by atoms with Crippen molar-refractivity contribution >= 4 is 10.5 Å². The molecule has 0 N–H and O–H groups in total. The molecule has 0 saturated carbocycles. The third kappa shape index (κ3) is 8.25. The summed E-state index contributed by atoms with van der Waals surface area (Å²) in [5.41, 5.74) is 0.993. The van der Waals surface area contributed by atoms with Gasteiger partial charge in [0.15, 0.2) is 0 Å². The van der Waals surface area contributed by atoms with Crippen LogP contribution in [0.25, 0.3) is 6.08 Å². The first-order valence-electron chi connectivity index (χ1n) is 2.50. The molecular weight excluding hydrogens is 835 g/mol. The predicted octanol–water partition coefficient (Wildman–Crippen LogP) is 1.43. The Morgan fingerprint density at radius 3 is 2.42 bits per heavy atom. The molecule has 1 rings (SSSR count). The molecule has 64 valence electrons. The Morgan fingerprint density at radius 1 is 1.33 bits per heavy atom. The zero-order chi connectivity index (χ0) is 6.53. The van der Waals surface area contributed by atoms with E-state index in [1.54, 1.807) is 6.26 Å². The Balaban J connectivity index is -0.000000270. The second-order valence-electron chi connectivity index (χ2n) is 1.47. The van der Waals surface area contributed by atoms with Crippen molar-refractivity contribution < 1.29 is 87.0 Å². The van der Waals surface area contributed by atoms with Gasteiger partial charge in [-0.15, -0.1) is 0 Å². The summed E-state index contributed by atoms with van der Waals surface area (Å²) in [6, 6.07) is 1.87. The average Bonchev–Trinajstić information content (AvgIpc) is 2.34. The third-order valence-electron chi connectivity index (χ3n) is 0.847. The van der Waals surface area contributed by atoms with Gasteiger partial charge in [0.2, 0.25) is 0 Å². The first kappa shape index (κ1) is 19.3. The van der Waals surface area contributed by atoms with E-state index in [0.717, 1.165) is 5.56 Å². The zero-order valence-electron chi connectivity index (χ0n) is 5.93. The molecule has 0 amide bonds. The van der Waals surface area contributed by atoms with E-state index in [1.807, 2.05) is 22.6 Å². The van der Waals surface area contributed by atoms with E-state index in [4.69, 9.17) is 4.42 Å². The first-order chi connectivity index (χ1) is 4.43. The molecule has 0 aliphatic carbocycles. The fraction of sp³-hybridized carbons (Fsp3) is 0. The van der Waals surface area contributed by atoms with Crippen molar-refractivity contribution in [2.24, 2.45) is 0 Å². The molecule has 0 bridgehead atoms.